The number of carbonyl (C=O) groups excluding carboxylic acids is 1. The molecule has 4 N–H and O–H groups in total. The van der Waals surface area contributed by atoms with Crippen LogP contribution in [0.1, 0.15) is 35.3 Å². The normalized spacial score (nSPS) is 11.8. The summed E-state index contributed by atoms with van der Waals surface area (Å²) in [6.07, 6.45) is 0. The molecule has 0 aliphatic carbocycles. The standard InChI is InChI=1S/C23H20Br2N4O.H2O4S/c1-15(19-7-3-5-9-21(19)24)26-28-18-13-11-17(12-14-18)23(30)29-27-16(2)20-8-4-6-10-22(20)25;1-5(2,3)4/h3-14,28H,1-2H3,(H,29,30);(H2,1,2,3,4). The molecule has 184 valence electrons. The highest BCUT2D eigenvalue weighted by Crippen LogP contribution is 2.18. The number of rotatable bonds is 6. The van der Waals surface area contributed by atoms with Crippen molar-refractivity contribution in [3.05, 3.63) is 98.4 Å². The van der Waals surface area contributed by atoms with Crippen molar-refractivity contribution in [2.45, 2.75) is 13.8 Å². The number of carbonyl (C=O) groups is 1. The van der Waals surface area contributed by atoms with E-state index in [1.54, 1.807) is 24.3 Å². The van der Waals surface area contributed by atoms with Crippen LogP contribution in [0.3, 0.4) is 0 Å². The Morgan fingerprint density at radius 3 is 1.66 bits per heavy atom. The lowest BCUT2D eigenvalue weighted by atomic mass is 10.1. The van der Waals surface area contributed by atoms with Gasteiger partial charge in [-0.15, -0.1) is 0 Å². The van der Waals surface area contributed by atoms with E-state index in [-0.39, 0.29) is 5.91 Å². The third kappa shape index (κ3) is 10.1. The minimum absolute atomic E-state index is 0.277. The second-order valence-corrected chi connectivity index (χ2v) is 9.54. The van der Waals surface area contributed by atoms with E-state index >= 15 is 0 Å². The molecule has 0 fully saturated rings. The Labute approximate surface area is 220 Å². The Morgan fingerprint density at radius 2 is 1.20 bits per heavy atom. The van der Waals surface area contributed by atoms with Gasteiger partial charge in [0, 0.05) is 25.6 Å². The van der Waals surface area contributed by atoms with Crippen LogP contribution in [0.2, 0.25) is 0 Å². The highest BCUT2D eigenvalue weighted by Gasteiger charge is 2.07. The van der Waals surface area contributed by atoms with Gasteiger partial charge in [-0.3, -0.25) is 19.3 Å². The lowest BCUT2D eigenvalue weighted by Gasteiger charge is -2.07. The van der Waals surface area contributed by atoms with Gasteiger partial charge in [0.25, 0.3) is 5.91 Å². The third-order valence-corrected chi connectivity index (χ3v) is 5.74. The van der Waals surface area contributed by atoms with Crippen molar-refractivity contribution >= 4 is 65.3 Å². The molecule has 0 aliphatic heterocycles. The summed E-state index contributed by atoms with van der Waals surface area (Å²) in [4.78, 5) is 12.4. The maximum atomic E-state index is 12.4. The molecule has 3 aromatic carbocycles. The number of amides is 1. The summed E-state index contributed by atoms with van der Waals surface area (Å²) in [5.74, 6) is -0.277. The highest BCUT2D eigenvalue weighted by atomic mass is 79.9. The van der Waals surface area contributed by atoms with Crippen LogP contribution < -0.4 is 10.9 Å². The predicted octanol–water partition coefficient (Wildman–Crippen LogP) is 5.55. The van der Waals surface area contributed by atoms with Crippen LogP contribution in [0.15, 0.2) is 91.9 Å². The van der Waals surface area contributed by atoms with E-state index in [1.807, 2.05) is 62.4 Å². The molecule has 35 heavy (non-hydrogen) atoms. The van der Waals surface area contributed by atoms with Gasteiger partial charge < -0.3 is 0 Å². The number of hydrogen-bond acceptors (Lipinski definition) is 6. The fourth-order valence-electron chi connectivity index (χ4n) is 2.67. The van der Waals surface area contributed by atoms with Crippen molar-refractivity contribution in [2.24, 2.45) is 10.2 Å². The molecule has 3 rings (SSSR count). The van der Waals surface area contributed by atoms with E-state index in [1.165, 1.54) is 0 Å². The van der Waals surface area contributed by atoms with E-state index in [0.29, 0.717) is 11.3 Å². The summed E-state index contributed by atoms with van der Waals surface area (Å²) in [6, 6.07) is 22.7. The van der Waals surface area contributed by atoms with Crippen LogP contribution in [0, 0.1) is 0 Å². The quantitative estimate of drug-likeness (QED) is 0.161. The van der Waals surface area contributed by atoms with Crippen molar-refractivity contribution in [1.82, 2.24) is 5.43 Å². The molecule has 0 atom stereocenters. The molecule has 0 aliphatic rings. The van der Waals surface area contributed by atoms with Gasteiger partial charge in [-0.2, -0.15) is 18.6 Å². The number of hydrogen-bond donors (Lipinski definition) is 4. The fraction of sp³-hybridized carbons (Fsp3) is 0.0870. The fourth-order valence-corrected chi connectivity index (χ4v) is 3.82. The lowest BCUT2D eigenvalue weighted by Crippen LogP contribution is -2.19. The second kappa shape index (κ2) is 13.3. The first-order valence-electron chi connectivity index (χ1n) is 9.90. The van der Waals surface area contributed by atoms with Crippen LogP contribution >= 0.6 is 31.9 Å². The first-order chi connectivity index (χ1) is 16.5. The minimum Gasteiger partial charge on any atom is -0.278 e. The summed E-state index contributed by atoms with van der Waals surface area (Å²) in [5.41, 5.74) is 10.4. The molecule has 0 heterocycles. The molecular weight excluding hydrogens is 604 g/mol. The van der Waals surface area contributed by atoms with Gasteiger partial charge in [-0.1, -0.05) is 68.3 Å². The molecule has 0 saturated heterocycles. The van der Waals surface area contributed by atoms with E-state index in [2.05, 4.69) is 52.9 Å². The minimum atomic E-state index is -4.67. The van der Waals surface area contributed by atoms with Crippen LogP contribution in [-0.4, -0.2) is 34.9 Å². The molecule has 3 aromatic rings. The summed E-state index contributed by atoms with van der Waals surface area (Å²) in [7, 11) is -4.67. The molecule has 0 spiro atoms. The molecular formula is C23H22Br2N4O5S. The molecule has 0 radical (unpaired) electrons. The number of nitrogens with one attached hydrogen (secondary N) is 2. The van der Waals surface area contributed by atoms with Crippen LogP contribution in [-0.2, 0) is 10.4 Å². The van der Waals surface area contributed by atoms with Gasteiger partial charge in [-0.05, 0) is 50.2 Å². The Balaban J connectivity index is 0.000000784. The predicted molar refractivity (Wildman–Crippen MR) is 144 cm³/mol. The molecule has 12 heteroatoms. The molecule has 0 saturated carbocycles. The number of anilines is 1. The SMILES string of the molecule is CC(=NNC(=O)c1ccc(NN=C(C)c2ccccc2Br)cc1)c1ccccc1Br.O=S(=O)(O)O. The topological polar surface area (TPSA) is 140 Å². The average molecular weight is 626 g/mol. The zero-order chi connectivity index (χ0) is 26.0. The van der Waals surface area contributed by atoms with Crippen molar-refractivity contribution in [3.63, 3.8) is 0 Å². The van der Waals surface area contributed by atoms with Gasteiger partial charge in [-0.25, -0.2) is 5.43 Å². The van der Waals surface area contributed by atoms with Crippen molar-refractivity contribution in [1.29, 1.82) is 0 Å². The first-order valence-corrected chi connectivity index (χ1v) is 12.9. The van der Waals surface area contributed by atoms with E-state index < -0.39 is 10.4 Å². The zero-order valence-electron chi connectivity index (χ0n) is 18.6. The van der Waals surface area contributed by atoms with Gasteiger partial charge in [0.05, 0.1) is 17.1 Å². The Kier molecular flexibility index (Phi) is 10.7. The first kappa shape index (κ1) is 28.3. The Bertz CT molecular complexity index is 1340. The molecule has 0 bridgehead atoms. The average Bonchev–Trinajstić information content (AvgIpc) is 2.80. The Hall–Kier alpha value is -2.90. The summed E-state index contributed by atoms with van der Waals surface area (Å²) in [5, 5.41) is 8.61. The summed E-state index contributed by atoms with van der Waals surface area (Å²) >= 11 is 7.01. The van der Waals surface area contributed by atoms with Gasteiger partial charge in [0.15, 0.2) is 0 Å². The Morgan fingerprint density at radius 1 is 0.771 bits per heavy atom. The molecule has 0 aromatic heterocycles. The number of hydrazone groups is 2. The number of benzene rings is 3. The van der Waals surface area contributed by atoms with Gasteiger partial charge >= 0.3 is 10.4 Å². The second-order valence-electron chi connectivity index (χ2n) is 6.93. The number of nitrogens with zero attached hydrogens (tertiary/aromatic N) is 2. The maximum absolute atomic E-state index is 12.4. The maximum Gasteiger partial charge on any atom is 0.394 e. The lowest BCUT2D eigenvalue weighted by molar-refractivity contribution is 0.0955. The largest absolute Gasteiger partial charge is 0.394 e. The van der Waals surface area contributed by atoms with Crippen LogP contribution in [0.5, 0.6) is 0 Å². The van der Waals surface area contributed by atoms with E-state index in [4.69, 9.17) is 17.5 Å². The molecule has 1 amide bonds. The molecule has 0 unspecified atom stereocenters. The van der Waals surface area contributed by atoms with Gasteiger partial charge in [0.2, 0.25) is 0 Å². The van der Waals surface area contributed by atoms with E-state index in [0.717, 1.165) is 31.5 Å². The van der Waals surface area contributed by atoms with Crippen molar-refractivity contribution in [3.8, 4) is 0 Å². The van der Waals surface area contributed by atoms with E-state index in [9.17, 15) is 4.79 Å². The smallest absolute Gasteiger partial charge is 0.278 e. The summed E-state index contributed by atoms with van der Waals surface area (Å²) in [6.45, 7) is 3.78. The van der Waals surface area contributed by atoms with Crippen LogP contribution in [0.4, 0.5) is 5.69 Å². The zero-order valence-corrected chi connectivity index (χ0v) is 22.6. The van der Waals surface area contributed by atoms with Crippen molar-refractivity contribution < 1.29 is 22.3 Å². The number of halogens is 2. The van der Waals surface area contributed by atoms with Crippen molar-refractivity contribution in [2.75, 3.05) is 5.43 Å². The third-order valence-electron chi connectivity index (χ3n) is 4.35. The monoisotopic (exact) mass is 624 g/mol. The van der Waals surface area contributed by atoms with Gasteiger partial charge in [0.1, 0.15) is 0 Å². The van der Waals surface area contributed by atoms with Crippen LogP contribution in [0.25, 0.3) is 0 Å². The molecule has 9 nitrogen and oxygen atoms in total. The summed E-state index contributed by atoms with van der Waals surface area (Å²) < 4.78 is 33.5. The highest BCUT2D eigenvalue weighted by molar-refractivity contribution is 9.10.